The second-order valence-corrected chi connectivity index (χ2v) is 8.79. The zero-order valence-electron chi connectivity index (χ0n) is 19.8. The van der Waals surface area contributed by atoms with E-state index in [4.69, 9.17) is 4.74 Å². The molecule has 1 aliphatic heterocycles. The predicted molar refractivity (Wildman–Crippen MR) is 121 cm³/mol. The summed E-state index contributed by atoms with van der Waals surface area (Å²) in [5, 5.41) is 13.6. The Bertz CT molecular complexity index is 1150. The van der Waals surface area contributed by atoms with Crippen molar-refractivity contribution in [1.82, 2.24) is 9.80 Å². The molecule has 0 atom stereocenters. The number of ether oxygens (including phenoxy) is 1. The summed E-state index contributed by atoms with van der Waals surface area (Å²) in [5.41, 5.74) is -2.10. The first-order valence-corrected chi connectivity index (χ1v) is 11.0. The Morgan fingerprint density at radius 2 is 1.81 bits per heavy atom. The van der Waals surface area contributed by atoms with Crippen molar-refractivity contribution in [3.05, 3.63) is 63.2 Å². The van der Waals surface area contributed by atoms with Crippen LogP contribution in [0, 0.1) is 10.1 Å². The maximum absolute atomic E-state index is 13.7. The molecule has 1 aliphatic rings. The van der Waals surface area contributed by atoms with Crippen LogP contribution in [0.1, 0.15) is 27.9 Å². The second kappa shape index (κ2) is 10.9. The van der Waals surface area contributed by atoms with E-state index in [1.165, 1.54) is 12.1 Å². The van der Waals surface area contributed by atoms with E-state index in [0.717, 1.165) is 24.3 Å². The lowest BCUT2D eigenvalue weighted by molar-refractivity contribution is -0.386. The molecule has 2 aromatic rings. The molecule has 0 aliphatic carbocycles. The van der Waals surface area contributed by atoms with E-state index >= 15 is 0 Å². The van der Waals surface area contributed by atoms with Crippen LogP contribution in [0.15, 0.2) is 36.4 Å². The number of nitrogens with zero attached hydrogens (tertiary/aromatic N) is 3. The van der Waals surface area contributed by atoms with Gasteiger partial charge in [-0.25, -0.2) is 0 Å². The zero-order valence-corrected chi connectivity index (χ0v) is 19.8. The third kappa shape index (κ3) is 7.55. The number of benzene rings is 2. The lowest BCUT2D eigenvalue weighted by Gasteiger charge is -2.43. The summed E-state index contributed by atoms with van der Waals surface area (Å²) in [6, 6.07) is 6.42. The normalized spacial score (nSPS) is 14.9. The fraction of sp³-hybridized carbons (Fsp3) is 0.435. The van der Waals surface area contributed by atoms with Crippen LogP contribution in [0.4, 0.5) is 37.7 Å². The molecule has 0 spiro atoms. The van der Waals surface area contributed by atoms with Gasteiger partial charge in [-0.15, -0.1) is 0 Å². The Morgan fingerprint density at radius 3 is 2.38 bits per heavy atom. The third-order valence-corrected chi connectivity index (χ3v) is 5.80. The molecular formula is C23H24F6N4O4. The van der Waals surface area contributed by atoms with Crippen LogP contribution in [0.5, 0.6) is 5.75 Å². The summed E-state index contributed by atoms with van der Waals surface area (Å²) in [6.07, 6.45) is -10.5. The van der Waals surface area contributed by atoms with E-state index in [9.17, 15) is 41.3 Å². The van der Waals surface area contributed by atoms with Crippen molar-refractivity contribution in [2.75, 3.05) is 39.1 Å². The van der Waals surface area contributed by atoms with E-state index in [-0.39, 0.29) is 29.4 Å². The number of carbonyl (C=O) groups excluding carboxylic acids is 1. The second-order valence-electron chi connectivity index (χ2n) is 8.79. The van der Waals surface area contributed by atoms with Crippen molar-refractivity contribution < 1.29 is 40.8 Å². The minimum absolute atomic E-state index is 0.0405. The molecule has 0 radical (unpaired) electrons. The number of alkyl halides is 6. The quantitative estimate of drug-likeness (QED) is 0.279. The van der Waals surface area contributed by atoms with Gasteiger partial charge in [0.05, 0.1) is 23.5 Å². The first-order valence-electron chi connectivity index (χ1n) is 11.0. The summed E-state index contributed by atoms with van der Waals surface area (Å²) < 4.78 is 82.9. The number of anilines is 1. The number of likely N-dealkylation sites (tertiary alicyclic amines) is 1. The molecule has 1 fully saturated rings. The Kier molecular flexibility index (Phi) is 8.32. The molecular weight excluding hydrogens is 510 g/mol. The van der Waals surface area contributed by atoms with Gasteiger partial charge in [0, 0.05) is 43.0 Å². The number of hydrogen-bond donors (Lipinski definition) is 1. The number of nitrogens with one attached hydrogen (secondary N) is 1. The molecule has 2 aromatic carbocycles. The van der Waals surface area contributed by atoms with Gasteiger partial charge in [-0.3, -0.25) is 19.8 Å². The Morgan fingerprint density at radius 1 is 1.14 bits per heavy atom. The molecule has 1 N–H and O–H groups in total. The lowest BCUT2D eigenvalue weighted by Crippen LogP contribution is -2.56. The highest BCUT2D eigenvalue weighted by Gasteiger charge is 2.36. The summed E-state index contributed by atoms with van der Waals surface area (Å²) in [6.45, 7) is 0.458. The first kappa shape index (κ1) is 28.2. The number of hydrogen-bond acceptors (Lipinski definition) is 6. The van der Waals surface area contributed by atoms with Crippen LogP contribution >= 0.6 is 0 Å². The molecule has 8 nitrogen and oxygen atoms in total. The molecule has 3 rings (SSSR count). The largest absolute Gasteiger partial charge is 0.486 e. The summed E-state index contributed by atoms with van der Waals surface area (Å²) >= 11 is 0. The average molecular weight is 534 g/mol. The molecule has 1 heterocycles. The SMILES string of the molecule is CN(C)C1CN(Cc2ccc(NC(=O)c3ccc(OCCC(F)(F)F)c([N+](=O)[O-])c3)cc2C(F)(F)F)C1. The molecule has 0 bridgehead atoms. The molecule has 1 amide bonds. The van der Waals surface area contributed by atoms with Gasteiger partial charge < -0.3 is 15.0 Å². The fourth-order valence-corrected chi connectivity index (χ4v) is 3.70. The van der Waals surface area contributed by atoms with Gasteiger partial charge in [0.1, 0.15) is 0 Å². The van der Waals surface area contributed by atoms with Crippen LogP contribution in [0.2, 0.25) is 0 Å². The molecule has 0 aromatic heterocycles. The van der Waals surface area contributed by atoms with Crippen LogP contribution < -0.4 is 10.1 Å². The van der Waals surface area contributed by atoms with E-state index in [0.29, 0.717) is 13.1 Å². The number of likely N-dealkylation sites (N-methyl/N-ethyl adjacent to an activating group) is 1. The Balaban J connectivity index is 1.75. The molecule has 0 saturated carbocycles. The van der Waals surface area contributed by atoms with Crippen molar-refractivity contribution >= 4 is 17.3 Å². The Labute approximate surface area is 207 Å². The molecule has 202 valence electrons. The standard InChI is InChI=1S/C23H24F6N4O4/c1-31(2)17-12-32(13-17)11-15-3-5-16(10-18(15)23(27,28)29)30-21(34)14-4-6-20(19(9-14)33(35)36)37-8-7-22(24,25)26/h3-6,9-10,17H,7-8,11-13H2,1-2H3,(H,30,34). The maximum atomic E-state index is 13.7. The van der Waals surface area contributed by atoms with Gasteiger partial charge in [-0.2, -0.15) is 26.3 Å². The van der Waals surface area contributed by atoms with Crippen LogP contribution in [0.3, 0.4) is 0 Å². The highest BCUT2D eigenvalue weighted by Crippen LogP contribution is 2.35. The van der Waals surface area contributed by atoms with Crippen LogP contribution in [-0.2, 0) is 12.7 Å². The monoisotopic (exact) mass is 534 g/mol. The average Bonchev–Trinajstić information content (AvgIpc) is 2.74. The van der Waals surface area contributed by atoms with Gasteiger partial charge in [-0.05, 0) is 43.9 Å². The summed E-state index contributed by atoms with van der Waals surface area (Å²) in [7, 11) is 3.79. The first-order chi connectivity index (χ1) is 17.1. The number of rotatable bonds is 9. The van der Waals surface area contributed by atoms with Gasteiger partial charge in [0.15, 0.2) is 5.75 Å². The smallest absolute Gasteiger partial charge is 0.416 e. The zero-order chi connectivity index (χ0) is 27.5. The number of carbonyl (C=O) groups is 1. The summed E-state index contributed by atoms with van der Waals surface area (Å²) in [4.78, 5) is 26.8. The van der Waals surface area contributed by atoms with Gasteiger partial charge in [-0.1, -0.05) is 6.07 Å². The minimum Gasteiger partial charge on any atom is -0.486 e. The van der Waals surface area contributed by atoms with E-state index in [2.05, 4.69) is 5.32 Å². The van der Waals surface area contributed by atoms with Gasteiger partial charge in [0.2, 0.25) is 0 Å². The lowest BCUT2D eigenvalue weighted by atomic mass is 10.0. The number of amides is 1. The topological polar surface area (TPSA) is 88.0 Å². The van der Waals surface area contributed by atoms with E-state index < -0.39 is 53.2 Å². The van der Waals surface area contributed by atoms with Crippen molar-refractivity contribution in [2.45, 2.75) is 31.4 Å². The van der Waals surface area contributed by atoms with Crippen LogP contribution in [-0.4, -0.2) is 66.6 Å². The minimum atomic E-state index is -4.68. The molecule has 1 saturated heterocycles. The molecule has 37 heavy (non-hydrogen) atoms. The maximum Gasteiger partial charge on any atom is 0.416 e. The Hall–Kier alpha value is -3.39. The molecule has 14 heteroatoms. The van der Waals surface area contributed by atoms with Crippen molar-refractivity contribution in [1.29, 1.82) is 0 Å². The predicted octanol–water partition coefficient (Wildman–Crippen LogP) is 4.94. The van der Waals surface area contributed by atoms with Crippen molar-refractivity contribution in [2.24, 2.45) is 0 Å². The van der Waals surface area contributed by atoms with Crippen molar-refractivity contribution in [3.8, 4) is 5.75 Å². The number of nitro groups is 1. The van der Waals surface area contributed by atoms with Crippen LogP contribution in [0.25, 0.3) is 0 Å². The third-order valence-electron chi connectivity index (χ3n) is 5.80. The molecule has 0 unspecified atom stereocenters. The van der Waals surface area contributed by atoms with Gasteiger partial charge in [0.25, 0.3) is 5.91 Å². The fourth-order valence-electron chi connectivity index (χ4n) is 3.70. The van der Waals surface area contributed by atoms with Gasteiger partial charge >= 0.3 is 18.0 Å². The highest BCUT2D eigenvalue weighted by atomic mass is 19.4. The number of halogens is 6. The van der Waals surface area contributed by atoms with Crippen molar-refractivity contribution in [3.63, 3.8) is 0 Å². The van der Waals surface area contributed by atoms with E-state index in [1.807, 2.05) is 23.9 Å². The highest BCUT2D eigenvalue weighted by molar-refractivity contribution is 6.04. The van der Waals surface area contributed by atoms with E-state index in [1.54, 1.807) is 0 Å². The summed E-state index contributed by atoms with van der Waals surface area (Å²) in [5.74, 6) is -1.42. The number of nitro benzene ring substituents is 1.